The molecule has 9 nitrogen and oxygen atoms in total. The summed E-state index contributed by atoms with van der Waals surface area (Å²) in [7, 11) is 0. The summed E-state index contributed by atoms with van der Waals surface area (Å²) in [4.78, 5) is 32.5. The highest BCUT2D eigenvalue weighted by Gasteiger charge is 2.10. The van der Waals surface area contributed by atoms with E-state index in [9.17, 15) is 14.4 Å². The van der Waals surface area contributed by atoms with Crippen LogP contribution < -0.4 is 16.0 Å². The van der Waals surface area contributed by atoms with Gasteiger partial charge in [0.25, 0.3) is 6.48 Å². The zero-order chi connectivity index (χ0) is 17.5. The molecular formula is C14H25N3O6. The third kappa shape index (κ3) is 14.7. The van der Waals surface area contributed by atoms with Crippen molar-refractivity contribution in [1.29, 1.82) is 0 Å². The van der Waals surface area contributed by atoms with Crippen molar-refractivity contribution in [2.24, 2.45) is 0 Å². The van der Waals surface area contributed by atoms with Gasteiger partial charge < -0.3 is 30.2 Å². The molecule has 0 heterocycles. The maximum atomic E-state index is 11.0. The average Bonchev–Trinajstić information content (AvgIpc) is 2.50. The standard InChI is InChI=1S/C14H25N3O6/c1-4-13(20)17-7-10-23-14(21-8-5-15-11(2)18)22-9-6-16-12(3)19/h4,14H,1,5-10H2,2-3H3,(H,15,18)(H,16,19)(H,17,20). The molecule has 9 heteroatoms. The molecule has 0 bridgehead atoms. The van der Waals surface area contributed by atoms with Gasteiger partial charge in [0.2, 0.25) is 17.7 Å². The Balaban J connectivity index is 3.99. The first kappa shape index (κ1) is 21.0. The zero-order valence-electron chi connectivity index (χ0n) is 13.6. The van der Waals surface area contributed by atoms with E-state index in [1.807, 2.05) is 0 Å². The number of hydrogen-bond acceptors (Lipinski definition) is 6. The van der Waals surface area contributed by atoms with Crippen LogP contribution in [-0.2, 0) is 28.6 Å². The fourth-order valence-electron chi connectivity index (χ4n) is 1.31. The summed E-state index contributed by atoms with van der Waals surface area (Å²) in [5.41, 5.74) is 0. The van der Waals surface area contributed by atoms with Crippen LogP contribution in [0.1, 0.15) is 13.8 Å². The molecule has 0 aliphatic carbocycles. The van der Waals surface area contributed by atoms with Gasteiger partial charge >= 0.3 is 0 Å². The first-order valence-electron chi connectivity index (χ1n) is 7.19. The van der Waals surface area contributed by atoms with Gasteiger partial charge in [0.05, 0.1) is 19.8 Å². The number of amides is 3. The Morgan fingerprint density at radius 2 is 1.26 bits per heavy atom. The maximum Gasteiger partial charge on any atom is 0.271 e. The summed E-state index contributed by atoms with van der Waals surface area (Å²) in [6.07, 6.45) is 1.16. The van der Waals surface area contributed by atoms with E-state index in [2.05, 4.69) is 22.5 Å². The van der Waals surface area contributed by atoms with Gasteiger partial charge in [0.15, 0.2) is 0 Å². The van der Waals surface area contributed by atoms with Crippen LogP contribution in [0.4, 0.5) is 0 Å². The molecule has 0 aromatic heterocycles. The number of nitrogens with one attached hydrogen (secondary N) is 3. The Hall–Kier alpha value is -1.97. The fourth-order valence-corrected chi connectivity index (χ4v) is 1.31. The fraction of sp³-hybridized carbons (Fsp3) is 0.643. The number of hydrogen-bond donors (Lipinski definition) is 3. The van der Waals surface area contributed by atoms with E-state index in [0.717, 1.165) is 6.08 Å². The van der Waals surface area contributed by atoms with E-state index in [4.69, 9.17) is 14.2 Å². The van der Waals surface area contributed by atoms with Crippen LogP contribution in [-0.4, -0.2) is 63.7 Å². The molecule has 0 saturated carbocycles. The van der Waals surface area contributed by atoms with Crippen LogP contribution in [0.5, 0.6) is 0 Å². The summed E-state index contributed by atoms with van der Waals surface area (Å²) in [6.45, 7) is 6.65. The van der Waals surface area contributed by atoms with Gasteiger partial charge in [0.1, 0.15) is 0 Å². The monoisotopic (exact) mass is 331 g/mol. The molecule has 0 saturated heterocycles. The van der Waals surface area contributed by atoms with Crippen molar-refractivity contribution in [2.75, 3.05) is 39.5 Å². The van der Waals surface area contributed by atoms with Gasteiger partial charge in [-0.25, -0.2) is 0 Å². The molecule has 0 rings (SSSR count). The molecule has 0 radical (unpaired) electrons. The Kier molecular flexibility index (Phi) is 12.5. The number of carbonyl (C=O) groups is 3. The SMILES string of the molecule is C=CC(=O)NCCOC(OCCNC(C)=O)OCCNC(C)=O. The van der Waals surface area contributed by atoms with Crippen molar-refractivity contribution >= 4 is 17.7 Å². The smallest absolute Gasteiger partial charge is 0.271 e. The van der Waals surface area contributed by atoms with Gasteiger partial charge in [-0.05, 0) is 6.08 Å². The Labute approximate surface area is 135 Å². The van der Waals surface area contributed by atoms with Gasteiger partial charge in [-0.2, -0.15) is 0 Å². The summed E-state index contributed by atoms with van der Waals surface area (Å²) in [5.74, 6) is -0.627. The van der Waals surface area contributed by atoms with Crippen molar-refractivity contribution in [1.82, 2.24) is 16.0 Å². The topological polar surface area (TPSA) is 115 Å². The largest absolute Gasteiger partial charge is 0.354 e. The second kappa shape index (κ2) is 13.7. The normalized spacial score (nSPS) is 10.2. The second-order valence-electron chi connectivity index (χ2n) is 4.36. The highest BCUT2D eigenvalue weighted by molar-refractivity contribution is 5.86. The molecule has 0 aromatic rings. The second-order valence-corrected chi connectivity index (χ2v) is 4.36. The van der Waals surface area contributed by atoms with Crippen LogP contribution in [0.3, 0.4) is 0 Å². The van der Waals surface area contributed by atoms with Crippen molar-refractivity contribution in [3.63, 3.8) is 0 Å². The van der Waals surface area contributed by atoms with E-state index in [1.54, 1.807) is 0 Å². The Morgan fingerprint density at radius 3 is 1.61 bits per heavy atom. The number of rotatable bonds is 13. The molecule has 0 spiro atoms. The molecule has 0 aliphatic heterocycles. The summed E-state index contributed by atoms with van der Waals surface area (Å²) in [5, 5.41) is 7.69. The predicted octanol–water partition coefficient (Wildman–Crippen LogP) is -1.11. The van der Waals surface area contributed by atoms with Crippen LogP contribution >= 0.6 is 0 Å². The molecule has 0 fully saturated rings. The van der Waals surface area contributed by atoms with E-state index < -0.39 is 6.48 Å². The lowest BCUT2D eigenvalue weighted by Gasteiger charge is -2.19. The van der Waals surface area contributed by atoms with Crippen LogP contribution in [0.15, 0.2) is 12.7 Å². The third-order valence-electron chi connectivity index (χ3n) is 2.30. The molecule has 132 valence electrons. The summed E-state index contributed by atoms with van der Waals surface area (Å²) >= 11 is 0. The highest BCUT2D eigenvalue weighted by atomic mass is 16.8. The van der Waals surface area contributed by atoms with Crippen LogP contribution in [0, 0.1) is 0 Å². The van der Waals surface area contributed by atoms with Crippen molar-refractivity contribution in [2.45, 2.75) is 20.3 Å². The first-order chi connectivity index (χ1) is 11.0. The highest BCUT2D eigenvalue weighted by Crippen LogP contribution is 1.97. The van der Waals surface area contributed by atoms with Gasteiger partial charge in [-0.15, -0.1) is 0 Å². The Bertz CT molecular complexity index is 367. The molecule has 23 heavy (non-hydrogen) atoms. The predicted molar refractivity (Wildman–Crippen MR) is 82.2 cm³/mol. The molecule has 3 amide bonds. The minimum absolute atomic E-state index is 0.162. The van der Waals surface area contributed by atoms with E-state index >= 15 is 0 Å². The van der Waals surface area contributed by atoms with Crippen molar-refractivity contribution in [3.8, 4) is 0 Å². The number of carbonyl (C=O) groups excluding carboxylic acids is 3. The molecule has 0 aromatic carbocycles. The molecule has 0 aliphatic rings. The maximum absolute atomic E-state index is 11.0. The molecule has 3 N–H and O–H groups in total. The Morgan fingerprint density at radius 1 is 0.870 bits per heavy atom. The summed E-state index contributed by atoms with van der Waals surface area (Å²) in [6, 6.07) is 0. The lowest BCUT2D eigenvalue weighted by molar-refractivity contribution is -0.285. The lowest BCUT2D eigenvalue weighted by atomic mass is 10.5. The molecular weight excluding hydrogens is 306 g/mol. The zero-order valence-corrected chi connectivity index (χ0v) is 13.6. The minimum Gasteiger partial charge on any atom is -0.354 e. The quantitative estimate of drug-likeness (QED) is 0.224. The van der Waals surface area contributed by atoms with Gasteiger partial charge in [0, 0.05) is 33.5 Å². The van der Waals surface area contributed by atoms with E-state index in [0.29, 0.717) is 13.1 Å². The van der Waals surface area contributed by atoms with Gasteiger partial charge in [-0.1, -0.05) is 6.58 Å². The number of ether oxygens (including phenoxy) is 3. The van der Waals surface area contributed by atoms with Crippen molar-refractivity contribution < 1.29 is 28.6 Å². The van der Waals surface area contributed by atoms with Crippen molar-refractivity contribution in [3.05, 3.63) is 12.7 Å². The van der Waals surface area contributed by atoms with E-state index in [-0.39, 0.29) is 44.1 Å². The summed E-state index contributed by atoms with van der Waals surface area (Å²) < 4.78 is 16.0. The van der Waals surface area contributed by atoms with Gasteiger partial charge in [-0.3, -0.25) is 14.4 Å². The molecule has 0 atom stereocenters. The molecule has 0 unspecified atom stereocenters. The van der Waals surface area contributed by atoms with E-state index in [1.165, 1.54) is 13.8 Å². The average molecular weight is 331 g/mol. The van der Waals surface area contributed by atoms with Crippen LogP contribution in [0.2, 0.25) is 0 Å². The third-order valence-corrected chi connectivity index (χ3v) is 2.30. The lowest BCUT2D eigenvalue weighted by Crippen LogP contribution is -2.33. The van der Waals surface area contributed by atoms with Crippen LogP contribution in [0.25, 0.3) is 0 Å². The first-order valence-corrected chi connectivity index (χ1v) is 7.19. The minimum atomic E-state index is -0.960.